The highest BCUT2D eigenvalue weighted by atomic mass is 32.2. The van der Waals surface area contributed by atoms with Gasteiger partial charge in [-0.3, -0.25) is 0 Å². The van der Waals surface area contributed by atoms with E-state index in [9.17, 15) is 27.1 Å². The highest BCUT2D eigenvalue weighted by Gasteiger charge is 2.58. The lowest BCUT2D eigenvalue weighted by Gasteiger charge is -2.47. The van der Waals surface area contributed by atoms with E-state index in [1.54, 1.807) is 26.0 Å². The number of thioether (sulfide) groups is 1. The number of nitrogens with one attached hydrogen (secondary N) is 1. The minimum absolute atomic E-state index is 0.166. The van der Waals surface area contributed by atoms with E-state index in [0.29, 0.717) is 5.56 Å². The first kappa shape index (κ1) is 22.3. The topological polar surface area (TPSA) is 58.0 Å². The summed E-state index contributed by atoms with van der Waals surface area (Å²) >= 11 is 1.42. The molecule has 2 aliphatic rings. The van der Waals surface area contributed by atoms with Gasteiger partial charge in [0.1, 0.15) is 11.3 Å². The van der Waals surface area contributed by atoms with Gasteiger partial charge in [0.05, 0.1) is 4.87 Å². The number of benzene rings is 2. The van der Waals surface area contributed by atoms with Crippen molar-refractivity contribution < 1.29 is 27.1 Å². The van der Waals surface area contributed by atoms with Gasteiger partial charge in [-0.2, -0.15) is 13.2 Å². The lowest BCUT2D eigenvalue weighted by Crippen LogP contribution is -2.52. The van der Waals surface area contributed by atoms with Crippen molar-refractivity contribution in [2.75, 3.05) is 5.32 Å². The van der Waals surface area contributed by atoms with E-state index in [1.165, 1.54) is 18.0 Å². The van der Waals surface area contributed by atoms with Crippen molar-refractivity contribution in [3.8, 4) is 0 Å². The fourth-order valence-corrected chi connectivity index (χ4v) is 6.50. The van der Waals surface area contributed by atoms with Crippen LogP contribution in [-0.4, -0.2) is 31.7 Å². The number of hydrogen-bond donors (Lipinski definition) is 2. The average molecular weight is 481 g/mol. The Balaban J connectivity index is 1.57. The third-order valence-corrected chi connectivity index (χ3v) is 7.71. The zero-order valence-electron chi connectivity index (χ0n) is 17.7. The number of aliphatic hydroxyl groups is 1. The van der Waals surface area contributed by atoms with Crippen molar-refractivity contribution >= 4 is 28.4 Å². The summed E-state index contributed by atoms with van der Waals surface area (Å²) in [5.41, 5.74) is -1.42. The third-order valence-electron chi connectivity index (χ3n) is 6.42. The lowest BCUT2D eigenvalue weighted by atomic mass is 9.71. The second kappa shape index (κ2) is 7.27. The first-order valence-corrected chi connectivity index (χ1v) is 11.2. The van der Waals surface area contributed by atoms with Gasteiger partial charge < -0.3 is 10.4 Å². The fourth-order valence-electron chi connectivity index (χ4n) is 5.02. The maximum Gasteiger partial charge on any atom is 0.417 e. The van der Waals surface area contributed by atoms with Gasteiger partial charge in [-0.1, -0.05) is 23.9 Å². The monoisotopic (exact) mass is 481 g/mol. The van der Waals surface area contributed by atoms with Crippen molar-refractivity contribution in [2.24, 2.45) is 0 Å². The van der Waals surface area contributed by atoms with Gasteiger partial charge >= 0.3 is 6.18 Å². The summed E-state index contributed by atoms with van der Waals surface area (Å²) in [6.07, 6.45) is -4.06. The molecular formula is C23H20F5N3OS. The first-order valence-electron chi connectivity index (χ1n) is 10.4. The molecule has 4 nitrogen and oxygen atoms in total. The minimum Gasteiger partial charge on any atom is -0.380 e. The molecule has 2 aromatic carbocycles. The molecule has 5 rings (SSSR count). The summed E-state index contributed by atoms with van der Waals surface area (Å²) in [5, 5.41) is 14.0. The van der Waals surface area contributed by atoms with Gasteiger partial charge in [-0.25, -0.2) is 18.7 Å². The van der Waals surface area contributed by atoms with Crippen LogP contribution in [0.4, 0.5) is 27.6 Å². The maximum absolute atomic E-state index is 14.4. The van der Waals surface area contributed by atoms with Crippen LogP contribution in [0.15, 0.2) is 35.4 Å². The molecule has 0 saturated carbocycles. The minimum atomic E-state index is -4.76. The largest absolute Gasteiger partial charge is 0.417 e. The molecule has 1 aromatic heterocycles. The quantitative estimate of drug-likeness (QED) is 0.449. The van der Waals surface area contributed by atoms with E-state index in [2.05, 4.69) is 15.3 Å². The molecule has 0 radical (unpaired) electrons. The Hall–Kier alpha value is -2.46. The number of alkyl halides is 3. The predicted molar refractivity (Wildman–Crippen MR) is 115 cm³/mol. The van der Waals surface area contributed by atoms with Crippen LogP contribution in [0.25, 0.3) is 10.9 Å². The summed E-state index contributed by atoms with van der Waals surface area (Å²) < 4.78 is 69.9. The number of fused-ring (bicyclic) bond motifs is 1. The number of halogens is 5. The van der Waals surface area contributed by atoms with Crippen LogP contribution in [0.3, 0.4) is 0 Å². The summed E-state index contributed by atoms with van der Waals surface area (Å²) in [7, 11) is 0. The normalized spacial score (nSPS) is 26.8. The molecule has 3 unspecified atom stereocenters. The standard InChI is InChI=1S/C23H20F5N3OS/c1-11-29-10-14-16(6-15(24)19(25)20(14)30-11)31-21(2)7-13-9-22(32,23(26,27)28)8-12-4-3-5-17(33-21)18(12)13/h3-6,10,13,31-32H,7-9H2,1-2H3. The van der Waals surface area contributed by atoms with Gasteiger partial charge in [-0.05, 0) is 49.8 Å². The smallest absolute Gasteiger partial charge is 0.380 e. The Kier molecular flexibility index (Phi) is 4.92. The molecule has 3 aromatic rings. The second-order valence-corrected chi connectivity index (χ2v) is 10.5. The number of aromatic nitrogens is 2. The fraction of sp³-hybridized carbons (Fsp3) is 0.391. The molecule has 0 bridgehead atoms. The molecule has 1 aliphatic carbocycles. The van der Waals surface area contributed by atoms with E-state index >= 15 is 0 Å². The number of hydrogen-bond acceptors (Lipinski definition) is 5. The summed E-state index contributed by atoms with van der Waals surface area (Å²) in [4.78, 5) is 8.05. The van der Waals surface area contributed by atoms with Crippen LogP contribution in [0, 0.1) is 18.6 Å². The van der Waals surface area contributed by atoms with Gasteiger partial charge in [0, 0.05) is 34.7 Å². The molecule has 3 atom stereocenters. The highest BCUT2D eigenvalue weighted by molar-refractivity contribution is 8.00. The van der Waals surface area contributed by atoms with Crippen molar-refractivity contribution in [3.63, 3.8) is 0 Å². The second-order valence-electron chi connectivity index (χ2n) is 9.00. The molecule has 33 heavy (non-hydrogen) atoms. The zero-order chi connectivity index (χ0) is 23.8. The summed E-state index contributed by atoms with van der Waals surface area (Å²) in [5.74, 6) is -2.45. The Labute approximate surface area is 190 Å². The predicted octanol–water partition coefficient (Wildman–Crippen LogP) is 5.86. The number of anilines is 1. The highest BCUT2D eigenvalue weighted by Crippen LogP contribution is 2.56. The third kappa shape index (κ3) is 3.63. The number of rotatable bonds is 2. The molecule has 2 N–H and O–H groups in total. The SMILES string of the molecule is Cc1ncc2c(NC3(C)CC4CC(O)(C(F)(F)F)Cc5cccc(c54)S3)cc(F)c(F)c2n1. The van der Waals surface area contributed by atoms with Gasteiger partial charge in [-0.15, -0.1) is 0 Å². The Bertz CT molecular complexity index is 1280. The molecule has 0 amide bonds. The van der Waals surface area contributed by atoms with E-state index < -0.39 is 47.0 Å². The Morgan fingerprint density at radius 2 is 1.97 bits per heavy atom. The van der Waals surface area contributed by atoms with Crippen molar-refractivity contribution in [3.05, 3.63) is 59.0 Å². The van der Waals surface area contributed by atoms with Crippen molar-refractivity contribution in [2.45, 2.75) is 60.6 Å². The average Bonchev–Trinajstić information content (AvgIpc) is 2.70. The van der Waals surface area contributed by atoms with Gasteiger partial charge in [0.25, 0.3) is 0 Å². The van der Waals surface area contributed by atoms with E-state index in [-0.39, 0.29) is 28.8 Å². The molecule has 0 fully saturated rings. The summed E-state index contributed by atoms with van der Waals surface area (Å²) in [6.45, 7) is 3.37. The van der Waals surface area contributed by atoms with Crippen LogP contribution < -0.4 is 5.32 Å². The van der Waals surface area contributed by atoms with Crippen LogP contribution in [-0.2, 0) is 6.42 Å². The molecule has 0 spiro atoms. The maximum atomic E-state index is 14.4. The molecular weight excluding hydrogens is 461 g/mol. The van der Waals surface area contributed by atoms with Crippen molar-refractivity contribution in [1.29, 1.82) is 0 Å². The number of nitrogens with zero attached hydrogens (tertiary/aromatic N) is 2. The first-order chi connectivity index (χ1) is 15.4. The Morgan fingerprint density at radius 1 is 1.21 bits per heavy atom. The van der Waals surface area contributed by atoms with E-state index in [0.717, 1.165) is 16.5 Å². The van der Waals surface area contributed by atoms with Crippen LogP contribution >= 0.6 is 11.8 Å². The molecule has 2 heterocycles. The van der Waals surface area contributed by atoms with Gasteiger partial charge in [0.2, 0.25) is 0 Å². The zero-order valence-corrected chi connectivity index (χ0v) is 18.5. The van der Waals surface area contributed by atoms with Crippen LogP contribution in [0.5, 0.6) is 0 Å². The summed E-state index contributed by atoms with van der Waals surface area (Å²) in [6, 6.07) is 6.15. The van der Waals surface area contributed by atoms with Crippen LogP contribution in [0.1, 0.15) is 42.6 Å². The molecule has 0 saturated heterocycles. The van der Waals surface area contributed by atoms with E-state index in [4.69, 9.17) is 0 Å². The lowest BCUT2D eigenvalue weighted by molar-refractivity contribution is -0.265. The molecule has 174 valence electrons. The number of aryl methyl sites for hydroxylation is 1. The molecule has 1 aliphatic heterocycles. The molecule has 10 heteroatoms. The Morgan fingerprint density at radius 3 is 2.70 bits per heavy atom. The van der Waals surface area contributed by atoms with Crippen LogP contribution in [0.2, 0.25) is 0 Å². The van der Waals surface area contributed by atoms with E-state index in [1.807, 2.05) is 6.07 Å². The van der Waals surface area contributed by atoms with Gasteiger partial charge in [0.15, 0.2) is 17.2 Å². The van der Waals surface area contributed by atoms with Crippen molar-refractivity contribution in [1.82, 2.24) is 9.97 Å².